The van der Waals surface area contributed by atoms with E-state index < -0.39 is 0 Å². The second-order valence-electron chi connectivity index (χ2n) is 5.82. The van der Waals surface area contributed by atoms with Crippen molar-refractivity contribution in [2.24, 2.45) is 11.7 Å². The number of rotatable bonds is 2. The highest BCUT2D eigenvalue weighted by Crippen LogP contribution is 2.31. The normalized spacial score (nSPS) is 29.3. The molecule has 4 heteroatoms. The fourth-order valence-electron chi connectivity index (χ4n) is 3.29. The number of carbonyl (C=O) groups excluding carboxylic acids is 1. The summed E-state index contributed by atoms with van der Waals surface area (Å²) >= 11 is 0. The molecule has 0 radical (unpaired) electrons. The molecular weight excluding hydrogens is 252 g/mol. The monoisotopic (exact) mass is 274 g/mol. The van der Waals surface area contributed by atoms with Gasteiger partial charge in [0, 0.05) is 6.54 Å². The van der Waals surface area contributed by atoms with E-state index in [1.807, 2.05) is 11.0 Å². The average Bonchev–Trinajstić information content (AvgIpc) is 2.96. The van der Waals surface area contributed by atoms with Crippen molar-refractivity contribution in [1.82, 2.24) is 4.90 Å². The molecule has 2 aliphatic rings. The molecule has 3 rings (SSSR count). The SMILES string of the molecule is C[C@H]1c2ccccc2CCN1C(=O)[C@@H]1C[C@@H](CN)CO1. The van der Waals surface area contributed by atoms with E-state index in [2.05, 4.69) is 25.1 Å². The molecule has 0 bridgehead atoms. The van der Waals surface area contributed by atoms with E-state index in [1.54, 1.807) is 0 Å². The number of hydrogen-bond donors (Lipinski definition) is 1. The molecule has 108 valence electrons. The standard InChI is InChI=1S/C16H22N2O2/c1-11-14-5-3-2-4-13(14)6-7-18(11)16(19)15-8-12(9-17)10-20-15/h2-5,11-12,15H,6-10,17H2,1H3/t11-,12-,15-/m0/s1. The van der Waals surface area contributed by atoms with Gasteiger partial charge in [-0.05, 0) is 43.4 Å². The Morgan fingerprint density at radius 2 is 2.25 bits per heavy atom. The van der Waals surface area contributed by atoms with Crippen molar-refractivity contribution >= 4 is 5.91 Å². The van der Waals surface area contributed by atoms with Crippen LogP contribution < -0.4 is 5.73 Å². The maximum atomic E-state index is 12.6. The maximum absolute atomic E-state index is 12.6. The van der Waals surface area contributed by atoms with Gasteiger partial charge < -0.3 is 15.4 Å². The Balaban J connectivity index is 1.74. The number of ether oxygens (including phenoxy) is 1. The first kappa shape index (κ1) is 13.6. The van der Waals surface area contributed by atoms with Crippen molar-refractivity contribution in [1.29, 1.82) is 0 Å². The summed E-state index contributed by atoms with van der Waals surface area (Å²) in [4.78, 5) is 14.6. The van der Waals surface area contributed by atoms with E-state index in [-0.39, 0.29) is 18.1 Å². The third kappa shape index (κ3) is 2.34. The van der Waals surface area contributed by atoms with Gasteiger partial charge in [-0.2, -0.15) is 0 Å². The van der Waals surface area contributed by atoms with Crippen molar-refractivity contribution in [2.75, 3.05) is 19.7 Å². The van der Waals surface area contributed by atoms with Crippen LogP contribution in [0.4, 0.5) is 0 Å². The van der Waals surface area contributed by atoms with Crippen LogP contribution >= 0.6 is 0 Å². The molecule has 20 heavy (non-hydrogen) atoms. The number of benzene rings is 1. The Hall–Kier alpha value is -1.39. The summed E-state index contributed by atoms with van der Waals surface area (Å²) in [6.07, 6.45) is 1.40. The van der Waals surface area contributed by atoms with E-state index in [0.717, 1.165) is 19.4 Å². The van der Waals surface area contributed by atoms with E-state index in [1.165, 1.54) is 11.1 Å². The van der Waals surface area contributed by atoms with Crippen molar-refractivity contribution in [2.45, 2.75) is 31.9 Å². The molecule has 3 atom stereocenters. The van der Waals surface area contributed by atoms with Crippen molar-refractivity contribution < 1.29 is 9.53 Å². The predicted molar refractivity (Wildman–Crippen MR) is 77.2 cm³/mol. The van der Waals surface area contributed by atoms with Crippen LogP contribution in [0, 0.1) is 5.92 Å². The highest BCUT2D eigenvalue weighted by atomic mass is 16.5. The van der Waals surface area contributed by atoms with Gasteiger partial charge in [0.2, 0.25) is 0 Å². The fourth-order valence-corrected chi connectivity index (χ4v) is 3.29. The molecule has 0 spiro atoms. The van der Waals surface area contributed by atoms with Gasteiger partial charge in [0.25, 0.3) is 5.91 Å². The molecule has 1 saturated heterocycles. The summed E-state index contributed by atoms with van der Waals surface area (Å²) < 4.78 is 5.64. The van der Waals surface area contributed by atoms with E-state index in [9.17, 15) is 4.79 Å². The van der Waals surface area contributed by atoms with Crippen LogP contribution in [0.1, 0.15) is 30.5 Å². The van der Waals surface area contributed by atoms with Gasteiger partial charge in [-0.15, -0.1) is 0 Å². The Morgan fingerprint density at radius 3 is 3.00 bits per heavy atom. The number of amides is 1. The summed E-state index contributed by atoms with van der Waals surface area (Å²) in [6, 6.07) is 8.52. The largest absolute Gasteiger partial charge is 0.368 e. The van der Waals surface area contributed by atoms with Crippen molar-refractivity contribution in [3.63, 3.8) is 0 Å². The number of nitrogens with two attached hydrogens (primary N) is 1. The van der Waals surface area contributed by atoms with Crippen LogP contribution in [0.3, 0.4) is 0 Å². The number of carbonyl (C=O) groups is 1. The first-order valence-corrected chi connectivity index (χ1v) is 7.40. The minimum Gasteiger partial charge on any atom is -0.368 e. The molecule has 2 aliphatic heterocycles. The lowest BCUT2D eigenvalue weighted by atomic mass is 9.93. The van der Waals surface area contributed by atoms with Gasteiger partial charge in [0.1, 0.15) is 6.10 Å². The Bertz CT molecular complexity index is 503. The Labute approximate surface area is 119 Å². The third-order valence-electron chi connectivity index (χ3n) is 4.57. The summed E-state index contributed by atoms with van der Waals surface area (Å²) in [7, 11) is 0. The fraction of sp³-hybridized carbons (Fsp3) is 0.562. The van der Waals surface area contributed by atoms with Crippen LogP contribution in [-0.4, -0.2) is 36.6 Å². The van der Waals surface area contributed by atoms with Crippen molar-refractivity contribution in [3.05, 3.63) is 35.4 Å². The molecule has 1 aromatic carbocycles. The molecule has 4 nitrogen and oxygen atoms in total. The van der Waals surface area contributed by atoms with Crippen LogP contribution in [0.15, 0.2) is 24.3 Å². The maximum Gasteiger partial charge on any atom is 0.252 e. The zero-order chi connectivity index (χ0) is 14.1. The molecule has 1 fully saturated rings. The number of fused-ring (bicyclic) bond motifs is 1. The van der Waals surface area contributed by atoms with Gasteiger partial charge in [0.05, 0.1) is 12.6 Å². The van der Waals surface area contributed by atoms with Gasteiger partial charge in [0.15, 0.2) is 0 Å². The number of hydrogen-bond acceptors (Lipinski definition) is 3. The summed E-state index contributed by atoms with van der Waals surface area (Å²) in [5.74, 6) is 0.458. The minimum atomic E-state index is -0.295. The van der Waals surface area contributed by atoms with Gasteiger partial charge in [-0.25, -0.2) is 0 Å². The molecule has 0 unspecified atom stereocenters. The second-order valence-corrected chi connectivity index (χ2v) is 5.82. The van der Waals surface area contributed by atoms with Crippen LogP contribution in [-0.2, 0) is 16.0 Å². The highest BCUT2D eigenvalue weighted by Gasteiger charge is 2.36. The zero-order valence-corrected chi connectivity index (χ0v) is 11.9. The topological polar surface area (TPSA) is 55.6 Å². The van der Waals surface area contributed by atoms with Crippen LogP contribution in [0.2, 0.25) is 0 Å². The van der Waals surface area contributed by atoms with E-state index in [0.29, 0.717) is 19.1 Å². The Kier molecular flexibility index (Phi) is 3.76. The van der Waals surface area contributed by atoms with E-state index in [4.69, 9.17) is 10.5 Å². The van der Waals surface area contributed by atoms with Gasteiger partial charge in [-0.3, -0.25) is 4.79 Å². The minimum absolute atomic E-state index is 0.128. The lowest BCUT2D eigenvalue weighted by molar-refractivity contribution is -0.143. The summed E-state index contributed by atoms with van der Waals surface area (Å²) in [6.45, 7) is 4.10. The number of nitrogens with zero attached hydrogens (tertiary/aromatic N) is 1. The third-order valence-corrected chi connectivity index (χ3v) is 4.57. The molecular formula is C16H22N2O2. The Morgan fingerprint density at radius 1 is 1.45 bits per heavy atom. The highest BCUT2D eigenvalue weighted by molar-refractivity contribution is 5.82. The summed E-state index contributed by atoms with van der Waals surface area (Å²) in [5.41, 5.74) is 8.28. The molecule has 0 aromatic heterocycles. The molecule has 1 aromatic rings. The lowest BCUT2D eigenvalue weighted by Gasteiger charge is -2.36. The molecule has 2 N–H and O–H groups in total. The van der Waals surface area contributed by atoms with Gasteiger partial charge in [-0.1, -0.05) is 24.3 Å². The lowest BCUT2D eigenvalue weighted by Crippen LogP contribution is -2.44. The van der Waals surface area contributed by atoms with Crippen LogP contribution in [0.25, 0.3) is 0 Å². The summed E-state index contributed by atoms with van der Waals surface area (Å²) in [5, 5.41) is 0. The smallest absolute Gasteiger partial charge is 0.252 e. The molecule has 1 amide bonds. The van der Waals surface area contributed by atoms with Gasteiger partial charge >= 0.3 is 0 Å². The zero-order valence-electron chi connectivity index (χ0n) is 11.9. The molecule has 0 aliphatic carbocycles. The predicted octanol–water partition coefficient (Wildman–Crippen LogP) is 1.50. The van der Waals surface area contributed by atoms with Crippen molar-refractivity contribution in [3.8, 4) is 0 Å². The quantitative estimate of drug-likeness (QED) is 0.889. The first-order valence-electron chi connectivity index (χ1n) is 7.40. The second kappa shape index (κ2) is 5.54. The average molecular weight is 274 g/mol. The molecule has 0 saturated carbocycles. The van der Waals surface area contributed by atoms with E-state index >= 15 is 0 Å². The first-order chi connectivity index (χ1) is 9.70. The molecule has 2 heterocycles. The van der Waals surface area contributed by atoms with Crippen LogP contribution in [0.5, 0.6) is 0 Å².